The Morgan fingerprint density at radius 2 is 1.90 bits per heavy atom. The first-order valence-corrected chi connectivity index (χ1v) is 7.16. The molecule has 2 N–H and O–H groups in total. The van der Waals surface area contributed by atoms with Crippen molar-refractivity contribution in [3.63, 3.8) is 0 Å². The minimum absolute atomic E-state index is 0.432. The van der Waals surface area contributed by atoms with E-state index in [1.165, 1.54) is 0 Å². The summed E-state index contributed by atoms with van der Waals surface area (Å²) in [5.74, 6) is -0.968. The highest BCUT2D eigenvalue weighted by atomic mass is 35.5. The van der Waals surface area contributed by atoms with E-state index in [4.69, 9.17) is 23.2 Å². The molecule has 2 aromatic carbocycles. The number of aliphatic carboxylic acids is 1. The molecule has 5 heteroatoms. The van der Waals surface area contributed by atoms with Gasteiger partial charge in [0, 0.05) is 5.02 Å². The monoisotopic (exact) mass is 323 g/mol. The van der Waals surface area contributed by atoms with E-state index in [-0.39, 0.29) is 0 Å². The van der Waals surface area contributed by atoms with E-state index in [2.05, 4.69) is 5.32 Å². The van der Waals surface area contributed by atoms with E-state index in [0.717, 1.165) is 11.1 Å². The van der Waals surface area contributed by atoms with Gasteiger partial charge in [-0.2, -0.15) is 0 Å². The maximum atomic E-state index is 11.5. The molecule has 0 fully saturated rings. The van der Waals surface area contributed by atoms with Crippen LogP contribution in [0.1, 0.15) is 22.7 Å². The van der Waals surface area contributed by atoms with Crippen molar-refractivity contribution in [1.82, 2.24) is 0 Å². The second-order valence-electron chi connectivity index (χ2n) is 4.86. The van der Waals surface area contributed by atoms with Crippen molar-refractivity contribution in [3.8, 4) is 0 Å². The summed E-state index contributed by atoms with van der Waals surface area (Å²) in [7, 11) is 0. The zero-order valence-electron chi connectivity index (χ0n) is 11.7. The van der Waals surface area contributed by atoms with E-state index in [9.17, 15) is 9.90 Å². The van der Waals surface area contributed by atoms with Gasteiger partial charge in [0.25, 0.3) is 0 Å². The third-order valence-corrected chi connectivity index (χ3v) is 4.14. The fraction of sp³-hybridized carbons (Fsp3) is 0.188. The number of carbonyl (C=O) groups is 1. The van der Waals surface area contributed by atoms with E-state index in [1.807, 2.05) is 25.1 Å². The maximum absolute atomic E-state index is 11.5. The van der Waals surface area contributed by atoms with Gasteiger partial charge >= 0.3 is 5.97 Å². The second kappa shape index (κ2) is 6.37. The van der Waals surface area contributed by atoms with Crippen molar-refractivity contribution in [2.45, 2.75) is 19.9 Å². The first-order chi connectivity index (χ1) is 9.90. The van der Waals surface area contributed by atoms with Crippen molar-refractivity contribution in [1.29, 1.82) is 0 Å². The number of carboxylic acids is 1. The van der Waals surface area contributed by atoms with Crippen LogP contribution in [0.15, 0.2) is 36.4 Å². The largest absolute Gasteiger partial charge is 0.479 e. The zero-order valence-corrected chi connectivity index (χ0v) is 13.2. The first-order valence-electron chi connectivity index (χ1n) is 6.40. The van der Waals surface area contributed by atoms with Crippen molar-refractivity contribution < 1.29 is 9.90 Å². The molecule has 2 aromatic rings. The molecule has 0 spiro atoms. The molecule has 0 aliphatic carbocycles. The van der Waals surface area contributed by atoms with E-state index in [1.54, 1.807) is 25.1 Å². The van der Waals surface area contributed by atoms with E-state index in [0.29, 0.717) is 21.3 Å². The third kappa shape index (κ3) is 3.49. The van der Waals surface area contributed by atoms with Crippen molar-refractivity contribution in [2.75, 3.05) is 5.32 Å². The fourth-order valence-corrected chi connectivity index (χ4v) is 2.49. The Labute approximate surface area is 133 Å². The molecule has 0 aliphatic rings. The smallest absolute Gasteiger partial charge is 0.330 e. The minimum atomic E-state index is -0.968. The second-order valence-corrected chi connectivity index (χ2v) is 5.65. The van der Waals surface area contributed by atoms with Crippen LogP contribution in [0, 0.1) is 13.8 Å². The predicted octanol–water partition coefficient (Wildman–Crippen LogP) is 4.85. The Morgan fingerprint density at radius 3 is 2.52 bits per heavy atom. The number of benzene rings is 2. The van der Waals surface area contributed by atoms with Gasteiger partial charge in [0.2, 0.25) is 0 Å². The summed E-state index contributed by atoms with van der Waals surface area (Å²) < 4.78 is 0. The Balaban J connectivity index is 2.38. The average molecular weight is 324 g/mol. The van der Waals surface area contributed by atoms with Crippen LogP contribution in [0.4, 0.5) is 5.69 Å². The summed E-state index contributed by atoms with van der Waals surface area (Å²) in [5.41, 5.74) is 2.94. The molecule has 0 amide bonds. The van der Waals surface area contributed by atoms with Gasteiger partial charge in [0.05, 0.1) is 10.7 Å². The summed E-state index contributed by atoms with van der Waals surface area (Å²) in [5, 5.41) is 13.4. The number of nitrogens with one attached hydrogen (secondary N) is 1. The van der Waals surface area contributed by atoms with Crippen LogP contribution in [-0.2, 0) is 4.79 Å². The number of hydrogen-bond acceptors (Lipinski definition) is 2. The molecule has 0 heterocycles. The fourth-order valence-electron chi connectivity index (χ4n) is 2.07. The number of halogens is 2. The number of anilines is 1. The molecule has 0 aromatic heterocycles. The van der Waals surface area contributed by atoms with E-state index < -0.39 is 12.0 Å². The molecular weight excluding hydrogens is 309 g/mol. The summed E-state index contributed by atoms with van der Waals surface area (Å²) in [4.78, 5) is 11.5. The lowest BCUT2D eigenvalue weighted by Gasteiger charge is -2.18. The quantitative estimate of drug-likeness (QED) is 0.845. The molecule has 0 saturated heterocycles. The van der Waals surface area contributed by atoms with Crippen LogP contribution in [0.25, 0.3) is 0 Å². The summed E-state index contributed by atoms with van der Waals surface area (Å²) >= 11 is 12.2. The maximum Gasteiger partial charge on any atom is 0.330 e. The van der Waals surface area contributed by atoms with Gasteiger partial charge in [0.15, 0.2) is 6.04 Å². The zero-order chi connectivity index (χ0) is 15.6. The Bertz CT molecular complexity index is 686. The average Bonchev–Trinajstić information content (AvgIpc) is 2.43. The number of aryl methyl sites for hydroxylation is 1. The van der Waals surface area contributed by atoms with E-state index >= 15 is 0 Å². The predicted molar refractivity (Wildman–Crippen MR) is 86.4 cm³/mol. The van der Waals surface area contributed by atoms with Crippen molar-refractivity contribution in [3.05, 3.63) is 63.1 Å². The number of hydrogen-bond donors (Lipinski definition) is 2. The van der Waals surface area contributed by atoms with Gasteiger partial charge < -0.3 is 10.4 Å². The van der Waals surface area contributed by atoms with Gasteiger partial charge in [-0.05, 0) is 37.1 Å². The lowest BCUT2D eigenvalue weighted by molar-refractivity contribution is -0.138. The molecule has 21 heavy (non-hydrogen) atoms. The normalized spacial score (nSPS) is 12.0. The molecule has 110 valence electrons. The summed E-state index contributed by atoms with van der Waals surface area (Å²) in [6.45, 7) is 3.71. The molecule has 1 atom stereocenters. The van der Waals surface area contributed by atoms with Crippen molar-refractivity contribution in [2.24, 2.45) is 0 Å². The first kappa shape index (κ1) is 15.7. The molecule has 1 unspecified atom stereocenters. The van der Waals surface area contributed by atoms with Crippen LogP contribution >= 0.6 is 23.2 Å². The van der Waals surface area contributed by atoms with Crippen LogP contribution in [0.3, 0.4) is 0 Å². The standard InChI is InChI=1S/C16H15Cl2NO2/c1-9-4-3-5-11(8-9)15(16(20)21)19-13-7-6-12(17)10(2)14(13)18/h3-8,15,19H,1-2H3,(H,20,21). The van der Waals surface area contributed by atoms with Gasteiger partial charge in [-0.3, -0.25) is 0 Å². The highest BCUT2D eigenvalue weighted by Gasteiger charge is 2.21. The lowest BCUT2D eigenvalue weighted by Crippen LogP contribution is -2.20. The molecule has 0 saturated carbocycles. The molecule has 3 nitrogen and oxygen atoms in total. The molecule has 0 bridgehead atoms. The van der Waals surface area contributed by atoms with Gasteiger partial charge in [-0.25, -0.2) is 4.79 Å². The number of carboxylic acid groups (broad SMARTS) is 1. The van der Waals surface area contributed by atoms with Crippen LogP contribution < -0.4 is 5.32 Å². The van der Waals surface area contributed by atoms with Crippen LogP contribution in [0.2, 0.25) is 10.0 Å². The van der Waals surface area contributed by atoms with Gasteiger partial charge in [-0.15, -0.1) is 0 Å². The molecule has 0 radical (unpaired) electrons. The Morgan fingerprint density at radius 1 is 1.19 bits per heavy atom. The van der Waals surface area contributed by atoms with Crippen LogP contribution in [0.5, 0.6) is 0 Å². The van der Waals surface area contributed by atoms with Crippen molar-refractivity contribution >= 4 is 34.9 Å². The minimum Gasteiger partial charge on any atom is -0.479 e. The van der Waals surface area contributed by atoms with Crippen LogP contribution in [-0.4, -0.2) is 11.1 Å². The lowest BCUT2D eigenvalue weighted by atomic mass is 10.0. The Kier molecular flexibility index (Phi) is 4.76. The third-order valence-electron chi connectivity index (χ3n) is 3.24. The Hall–Kier alpha value is -1.71. The topological polar surface area (TPSA) is 49.3 Å². The molecule has 2 rings (SSSR count). The summed E-state index contributed by atoms with van der Waals surface area (Å²) in [6.07, 6.45) is 0. The summed E-state index contributed by atoms with van der Waals surface area (Å²) in [6, 6.07) is 9.86. The molecular formula is C16H15Cl2NO2. The van der Waals surface area contributed by atoms with Gasteiger partial charge in [0.1, 0.15) is 0 Å². The van der Waals surface area contributed by atoms with Gasteiger partial charge in [-0.1, -0.05) is 53.0 Å². The molecule has 0 aliphatic heterocycles. The highest BCUT2D eigenvalue weighted by Crippen LogP contribution is 2.33. The highest BCUT2D eigenvalue weighted by molar-refractivity contribution is 6.37. The number of rotatable bonds is 4. The SMILES string of the molecule is Cc1cccc(C(Nc2ccc(Cl)c(C)c2Cl)C(=O)O)c1.